The van der Waals surface area contributed by atoms with Crippen molar-refractivity contribution in [1.29, 1.82) is 0 Å². The third kappa shape index (κ3) is 2.24. The van der Waals surface area contributed by atoms with Crippen molar-refractivity contribution in [1.82, 2.24) is 0 Å². The van der Waals surface area contributed by atoms with Gasteiger partial charge in [-0.25, -0.2) is 0 Å². The number of fused-ring (bicyclic) bond motifs is 5. The first-order chi connectivity index (χ1) is 11.3. The van der Waals surface area contributed by atoms with Gasteiger partial charge in [0.2, 0.25) is 0 Å². The van der Waals surface area contributed by atoms with Gasteiger partial charge in [0.1, 0.15) is 6.10 Å². The Hall–Kier alpha value is -1.05. The van der Waals surface area contributed by atoms with E-state index in [4.69, 9.17) is 4.74 Å². The topological polar surface area (TPSA) is 26.3 Å². The second-order valence-electron chi connectivity index (χ2n) is 9.33. The van der Waals surface area contributed by atoms with E-state index in [1.165, 1.54) is 51.0 Å². The number of carbonyl (C=O) groups excluding carboxylic acids is 1. The summed E-state index contributed by atoms with van der Waals surface area (Å²) >= 11 is 0. The zero-order valence-corrected chi connectivity index (χ0v) is 15.6. The lowest BCUT2D eigenvalue weighted by atomic mass is 9.48. The Balaban J connectivity index is 1.60. The second-order valence-corrected chi connectivity index (χ2v) is 9.33. The summed E-state index contributed by atoms with van der Waals surface area (Å²) in [6.07, 6.45) is 12.3. The Morgan fingerprint density at radius 3 is 2.62 bits per heavy atom. The Labute approximate surface area is 146 Å². The maximum atomic E-state index is 11.3. The molecule has 4 aliphatic carbocycles. The highest BCUT2D eigenvalue weighted by Gasteiger charge is 2.56. The molecule has 3 saturated carbocycles. The molecule has 4 rings (SSSR count). The van der Waals surface area contributed by atoms with E-state index in [1.807, 2.05) is 0 Å². The van der Waals surface area contributed by atoms with Crippen LogP contribution >= 0.6 is 0 Å². The third-order valence-corrected chi connectivity index (χ3v) is 8.35. The molecule has 6 atom stereocenters. The van der Waals surface area contributed by atoms with E-state index < -0.39 is 0 Å². The molecule has 2 nitrogen and oxygen atoms in total. The Morgan fingerprint density at radius 1 is 1.17 bits per heavy atom. The number of allylic oxidation sites excluding steroid dienone is 2. The van der Waals surface area contributed by atoms with E-state index >= 15 is 0 Å². The minimum atomic E-state index is -0.129. The number of rotatable bonds is 1. The minimum Gasteiger partial charge on any atom is -0.462 e. The van der Waals surface area contributed by atoms with Crippen LogP contribution in [0, 0.1) is 28.6 Å². The number of carbonyl (C=O) groups is 1. The molecule has 0 aromatic rings. The molecule has 0 aliphatic heterocycles. The molecule has 132 valence electrons. The average Bonchev–Trinajstić information content (AvgIpc) is 2.83. The second kappa shape index (κ2) is 5.47. The van der Waals surface area contributed by atoms with E-state index in [2.05, 4.69) is 26.5 Å². The number of hydrogen-bond donors (Lipinski definition) is 0. The van der Waals surface area contributed by atoms with E-state index in [0.717, 1.165) is 30.6 Å². The Kier molecular flexibility index (Phi) is 3.75. The van der Waals surface area contributed by atoms with E-state index in [9.17, 15) is 4.79 Å². The highest BCUT2D eigenvalue weighted by molar-refractivity contribution is 5.66. The maximum Gasteiger partial charge on any atom is 0.302 e. The van der Waals surface area contributed by atoms with E-state index in [1.54, 1.807) is 5.57 Å². The molecule has 0 radical (unpaired) electrons. The molecule has 0 aromatic heterocycles. The van der Waals surface area contributed by atoms with Crippen molar-refractivity contribution in [2.24, 2.45) is 28.6 Å². The molecule has 0 heterocycles. The summed E-state index contributed by atoms with van der Waals surface area (Å²) in [5.74, 6) is 2.36. The molecule has 3 fully saturated rings. The summed E-state index contributed by atoms with van der Waals surface area (Å²) in [4.78, 5) is 11.3. The largest absolute Gasteiger partial charge is 0.462 e. The van der Waals surface area contributed by atoms with Crippen LogP contribution in [0.5, 0.6) is 0 Å². The fraction of sp³-hybridized carbons (Fsp3) is 0.773. The first-order valence-corrected chi connectivity index (χ1v) is 9.89. The normalized spacial score (nSPS) is 47.3. The zero-order chi connectivity index (χ0) is 17.1. The predicted molar refractivity (Wildman–Crippen MR) is 96.4 cm³/mol. The van der Waals surface area contributed by atoms with Crippen LogP contribution < -0.4 is 0 Å². The average molecular weight is 328 g/mol. The molecule has 0 spiro atoms. The predicted octanol–water partition coefficient (Wildman–Crippen LogP) is 5.44. The van der Waals surface area contributed by atoms with Crippen LogP contribution in [0.25, 0.3) is 0 Å². The summed E-state index contributed by atoms with van der Waals surface area (Å²) in [5, 5.41) is 0. The SMILES string of the molecule is C=C1CC[C@@H]2[C@H]3CC=C4C[C@@H](OC(C)=O)CC[C@]4(C)[C@@H]3CC[C@]12C. The van der Waals surface area contributed by atoms with Crippen molar-refractivity contribution in [3.8, 4) is 0 Å². The fourth-order valence-electron chi connectivity index (χ4n) is 6.87. The van der Waals surface area contributed by atoms with Gasteiger partial charge in [0, 0.05) is 13.3 Å². The molecule has 0 unspecified atom stereocenters. The molecule has 0 bridgehead atoms. The van der Waals surface area contributed by atoms with Crippen LogP contribution in [0.15, 0.2) is 23.8 Å². The smallest absolute Gasteiger partial charge is 0.302 e. The van der Waals surface area contributed by atoms with Crippen molar-refractivity contribution >= 4 is 5.97 Å². The highest BCUT2D eigenvalue weighted by Crippen LogP contribution is 2.65. The van der Waals surface area contributed by atoms with Gasteiger partial charge < -0.3 is 4.74 Å². The van der Waals surface area contributed by atoms with Crippen LogP contribution in [-0.4, -0.2) is 12.1 Å². The van der Waals surface area contributed by atoms with Gasteiger partial charge in [-0.05, 0) is 73.5 Å². The van der Waals surface area contributed by atoms with Crippen molar-refractivity contribution in [3.05, 3.63) is 23.8 Å². The Bertz CT molecular complexity index is 603. The molecule has 0 aromatic carbocycles. The van der Waals surface area contributed by atoms with Crippen LogP contribution in [0.4, 0.5) is 0 Å². The van der Waals surface area contributed by atoms with E-state index in [0.29, 0.717) is 10.8 Å². The first kappa shape index (κ1) is 16.4. The lowest BCUT2D eigenvalue weighted by molar-refractivity contribution is -0.148. The third-order valence-electron chi connectivity index (χ3n) is 8.35. The van der Waals surface area contributed by atoms with Crippen molar-refractivity contribution < 1.29 is 9.53 Å². The Morgan fingerprint density at radius 2 is 1.88 bits per heavy atom. The molecule has 2 heteroatoms. The molecule has 4 aliphatic rings. The van der Waals surface area contributed by atoms with Crippen LogP contribution in [-0.2, 0) is 9.53 Å². The monoisotopic (exact) mass is 328 g/mol. The van der Waals surface area contributed by atoms with Gasteiger partial charge in [0.25, 0.3) is 0 Å². The van der Waals surface area contributed by atoms with Crippen molar-refractivity contribution in [2.45, 2.75) is 78.2 Å². The van der Waals surface area contributed by atoms with Gasteiger partial charge in [0.05, 0.1) is 0 Å². The van der Waals surface area contributed by atoms with Gasteiger partial charge in [-0.3, -0.25) is 4.79 Å². The van der Waals surface area contributed by atoms with Gasteiger partial charge in [-0.1, -0.05) is 37.6 Å². The first-order valence-electron chi connectivity index (χ1n) is 9.89. The molecular weight excluding hydrogens is 296 g/mol. The van der Waals surface area contributed by atoms with Gasteiger partial charge in [-0.2, -0.15) is 0 Å². The highest BCUT2D eigenvalue weighted by atomic mass is 16.5. The molecule has 0 N–H and O–H groups in total. The summed E-state index contributed by atoms with van der Waals surface area (Å²) in [6, 6.07) is 0. The molecule has 24 heavy (non-hydrogen) atoms. The van der Waals surface area contributed by atoms with Gasteiger partial charge >= 0.3 is 5.97 Å². The zero-order valence-electron chi connectivity index (χ0n) is 15.6. The van der Waals surface area contributed by atoms with Crippen LogP contribution in [0.1, 0.15) is 72.1 Å². The van der Waals surface area contributed by atoms with Crippen molar-refractivity contribution in [2.75, 3.05) is 0 Å². The van der Waals surface area contributed by atoms with Crippen LogP contribution in [0.3, 0.4) is 0 Å². The number of hydrogen-bond acceptors (Lipinski definition) is 2. The minimum absolute atomic E-state index is 0.110. The van der Waals surface area contributed by atoms with Gasteiger partial charge in [0.15, 0.2) is 0 Å². The molecule has 0 amide bonds. The van der Waals surface area contributed by atoms with Gasteiger partial charge in [-0.15, -0.1) is 0 Å². The van der Waals surface area contributed by atoms with E-state index in [-0.39, 0.29) is 12.1 Å². The number of esters is 1. The standard InChI is InChI=1S/C22H32O2/c1-14-5-8-19-18-7-6-16-13-17(24-15(2)23)9-11-22(16,4)20(18)10-12-21(14,19)3/h6,17-20H,1,5,7-13H2,2-4H3/t17-,18+,19+,20+,21+,22-/m0/s1. The molecule has 0 saturated heterocycles. The van der Waals surface area contributed by atoms with Crippen LogP contribution in [0.2, 0.25) is 0 Å². The lowest BCUT2D eigenvalue weighted by Gasteiger charge is -2.57. The van der Waals surface area contributed by atoms with Crippen molar-refractivity contribution in [3.63, 3.8) is 0 Å². The summed E-state index contributed by atoms with van der Waals surface area (Å²) < 4.78 is 5.53. The summed E-state index contributed by atoms with van der Waals surface area (Å²) in [5.41, 5.74) is 3.84. The fourth-order valence-corrected chi connectivity index (χ4v) is 6.87. The maximum absolute atomic E-state index is 11.3. The number of ether oxygens (including phenoxy) is 1. The summed E-state index contributed by atoms with van der Waals surface area (Å²) in [6.45, 7) is 11.0. The lowest BCUT2D eigenvalue weighted by Crippen LogP contribution is -2.49. The summed E-state index contributed by atoms with van der Waals surface area (Å²) in [7, 11) is 0. The quantitative estimate of drug-likeness (QED) is 0.473. The molecular formula is C22H32O2.